The van der Waals surface area contributed by atoms with E-state index in [2.05, 4.69) is 21.2 Å². The van der Waals surface area contributed by atoms with Gasteiger partial charge in [-0.15, -0.1) is 0 Å². The molecule has 104 valence electrons. The summed E-state index contributed by atoms with van der Waals surface area (Å²) in [4.78, 5) is 12.1. The van der Waals surface area contributed by atoms with E-state index in [0.29, 0.717) is 18.5 Å². The van der Waals surface area contributed by atoms with Crippen LogP contribution in [-0.2, 0) is 11.2 Å². The van der Waals surface area contributed by atoms with Gasteiger partial charge in [-0.05, 0) is 55.9 Å². The molecule has 0 aromatic heterocycles. The van der Waals surface area contributed by atoms with Crippen molar-refractivity contribution in [2.24, 2.45) is 5.73 Å². The monoisotopic (exact) mass is 324 g/mol. The number of benzene rings is 1. The molecule has 1 amide bonds. The van der Waals surface area contributed by atoms with Gasteiger partial charge >= 0.3 is 0 Å². The van der Waals surface area contributed by atoms with Gasteiger partial charge < -0.3 is 11.1 Å². The number of carbonyl (C=O) groups excluding carboxylic acids is 1. The van der Waals surface area contributed by atoms with E-state index >= 15 is 0 Å². The molecule has 3 N–H and O–H groups in total. The molecule has 0 radical (unpaired) electrons. The van der Waals surface area contributed by atoms with Gasteiger partial charge in [-0.3, -0.25) is 4.79 Å². The van der Waals surface area contributed by atoms with Crippen LogP contribution in [0, 0.1) is 6.92 Å². The lowest BCUT2D eigenvalue weighted by Gasteiger charge is -2.26. The second kappa shape index (κ2) is 6.53. The van der Waals surface area contributed by atoms with Crippen molar-refractivity contribution in [1.82, 2.24) is 5.32 Å². The van der Waals surface area contributed by atoms with E-state index in [1.165, 1.54) is 0 Å². The van der Waals surface area contributed by atoms with Crippen LogP contribution in [0.15, 0.2) is 22.7 Å². The van der Waals surface area contributed by atoms with Gasteiger partial charge in [0, 0.05) is 16.6 Å². The SMILES string of the molecule is Cc1ccc(Br)cc1CC(=O)NC1CCC(N)CC1. The Hall–Kier alpha value is -0.870. The number of nitrogens with two attached hydrogens (primary N) is 1. The average Bonchev–Trinajstić information content (AvgIpc) is 2.37. The molecule has 1 aromatic rings. The summed E-state index contributed by atoms with van der Waals surface area (Å²) < 4.78 is 1.02. The first-order valence-electron chi connectivity index (χ1n) is 6.84. The number of halogens is 1. The fourth-order valence-electron chi connectivity index (χ4n) is 2.55. The Labute approximate surface area is 123 Å². The van der Waals surface area contributed by atoms with E-state index in [0.717, 1.165) is 41.3 Å². The summed E-state index contributed by atoms with van der Waals surface area (Å²) >= 11 is 3.45. The van der Waals surface area contributed by atoms with Crippen molar-refractivity contribution in [2.75, 3.05) is 0 Å². The Morgan fingerprint density at radius 3 is 2.74 bits per heavy atom. The van der Waals surface area contributed by atoms with Crippen LogP contribution in [0.5, 0.6) is 0 Å². The summed E-state index contributed by atoms with van der Waals surface area (Å²) in [7, 11) is 0. The lowest BCUT2D eigenvalue weighted by atomic mass is 9.91. The Morgan fingerprint density at radius 2 is 2.05 bits per heavy atom. The summed E-state index contributed by atoms with van der Waals surface area (Å²) in [5.41, 5.74) is 8.11. The van der Waals surface area contributed by atoms with Gasteiger partial charge in [0.05, 0.1) is 6.42 Å². The molecule has 1 aliphatic carbocycles. The standard InChI is InChI=1S/C15H21BrN2O/c1-10-2-3-12(16)8-11(10)9-15(19)18-14-6-4-13(17)5-7-14/h2-3,8,13-14H,4-7,9,17H2,1H3,(H,18,19). The third-order valence-corrected chi connectivity index (χ3v) is 4.29. The molecule has 0 atom stereocenters. The maximum absolute atomic E-state index is 12.1. The largest absolute Gasteiger partial charge is 0.353 e. The van der Waals surface area contributed by atoms with Gasteiger partial charge in [0.2, 0.25) is 5.91 Å². The normalized spacial score (nSPS) is 23.1. The molecule has 3 nitrogen and oxygen atoms in total. The molecule has 0 spiro atoms. The van der Waals surface area contributed by atoms with Crippen molar-refractivity contribution in [3.63, 3.8) is 0 Å². The predicted molar refractivity (Wildman–Crippen MR) is 81.0 cm³/mol. The smallest absolute Gasteiger partial charge is 0.224 e. The summed E-state index contributed by atoms with van der Waals surface area (Å²) in [6, 6.07) is 6.68. The van der Waals surface area contributed by atoms with Crippen molar-refractivity contribution in [2.45, 2.75) is 51.1 Å². The number of rotatable bonds is 3. The van der Waals surface area contributed by atoms with Crippen LogP contribution >= 0.6 is 15.9 Å². The Balaban J connectivity index is 1.89. The minimum atomic E-state index is 0.113. The molecule has 4 heteroatoms. The van der Waals surface area contributed by atoms with Crippen LogP contribution in [0.4, 0.5) is 0 Å². The van der Waals surface area contributed by atoms with Gasteiger partial charge in [-0.2, -0.15) is 0 Å². The molecule has 1 aromatic carbocycles. The van der Waals surface area contributed by atoms with Gasteiger partial charge in [-0.25, -0.2) is 0 Å². The van der Waals surface area contributed by atoms with Crippen molar-refractivity contribution in [1.29, 1.82) is 0 Å². The van der Waals surface area contributed by atoms with E-state index < -0.39 is 0 Å². The third kappa shape index (κ3) is 4.32. The molecular formula is C15H21BrN2O. The van der Waals surface area contributed by atoms with Crippen molar-refractivity contribution in [3.05, 3.63) is 33.8 Å². The second-order valence-electron chi connectivity index (χ2n) is 5.43. The number of carbonyl (C=O) groups is 1. The Morgan fingerprint density at radius 1 is 1.37 bits per heavy atom. The maximum atomic E-state index is 12.1. The molecule has 0 unspecified atom stereocenters. The first kappa shape index (κ1) is 14.5. The molecule has 1 aliphatic rings. The third-order valence-electron chi connectivity index (χ3n) is 3.80. The highest BCUT2D eigenvalue weighted by molar-refractivity contribution is 9.10. The quantitative estimate of drug-likeness (QED) is 0.898. The van der Waals surface area contributed by atoms with Crippen LogP contribution in [0.25, 0.3) is 0 Å². The topological polar surface area (TPSA) is 55.1 Å². The number of hydrogen-bond acceptors (Lipinski definition) is 2. The van der Waals surface area contributed by atoms with Crippen LogP contribution in [-0.4, -0.2) is 18.0 Å². The lowest BCUT2D eigenvalue weighted by Crippen LogP contribution is -2.41. The van der Waals surface area contributed by atoms with E-state index in [9.17, 15) is 4.79 Å². The first-order chi connectivity index (χ1) is 9.04. The highest BCUT2D eigenvalue weighted by Crippen LogP contribution is 2.19. The molecule has 19 heavy (non-hydrogen) atoms. The molecule has 0 bridgehead atoms. The van der Waals surface area contributed by atoms with Crippen LogP contribution < -0.4 is 11.1 Å². The first-order valence-corrected chi connectivity index (χ1v) is 7.64. The second-order valence-corrected chi connectivity index (χ2v) is 6.34. The Kier molecular flexibility index (Phi) is 4.99. The van der Waals surface area contributed by atoms with E-state index in [1.54, 1.807) is 0 Å². The fraction of sp³-hybridized carbons (Fsp3) is 0.533. The molecule has 1 fully saturated rings. The van der Waals surface area contributed by atoms with Crippen LogP contribution in [0.2, 0.25) is 0 Å². The summed E-state index contributed by atoms with van der Waals surface area (Å²) in [5, 5.41) is 3.12. The number of amides is 1. The van der Waals surface area contributed by atoms with Crippen LogP contribution in [0.3, 0.4) is 0 Å². The number of nitrogens with one attached hydrogen (secondary N) is 1. The van der Waals surface area contributed by atoms with E-state index in [4.69, 9.17) is 5.73 Å². The molecule has 2 rings (SSSR count). The zero-order valence-corrected chi connectivity index (χ0v) is 12.9. The molecule has 0 aliphatic heterocycles. The highest BCUT2D eigenvalue weighted by Gasteiger charge is 2.20. The number of aryl methyl sites for hydroxylation is 1. The molecule has 0 heterocycles. The lowest BCUT2D eigenvalue weighted by molar-refractivity contribution is -0.121. The minimum absolute atomic E-state index is 0.113. The highest BCUT2D eigenvalue weighted by atomic mass is 79.9. The summed E-state index contributed by atoms with van der Waals surface area (Å²) in [6.45, 7) is 2.04. The maximum Gasteiger partial charge on any atom is 0.224 e. The minimum Gasteiger partial charge on any atom is -0.353 e. The van der Waals surface area contributed by atoms with Crippen LogP contribution in [0.1, 0.15) is 36.8 Å². The molecule has 0 saturated heterocycles. The van der Waals surface area contributed by atoms with Gasteiger partial charge in [0.15, 0.2) is 0 Å². The van der Waals surface area contributed by atoms with E-state index in [-0.39, 0.29) is 5.91 Å². The number of hydrogen-bond donors (Lipinski definition) is 2. The molecular weight excluding hydrogens is 304 g/mol. The Bertz CT molecular complexity index is 453. The predicted octanol–water partition coefficient (Wildman–Crippen LogP) is 2.69. The van der Waals surface area contributed by atoms with Crippen molar-refractivity contribution < 1.29 is 4.79 Å². The van der Waals surface area contributed by atoms with Crippen molar-refractivity contribution in [3.8, 4) is 0 Å². The average molecular weight is 325 g/mol. The fourth-order valence-corrected chi connectivity index (χ4v) is 2.95. The summed E-state index contributed by atoms with van der Waals surface area (Å²) in [5.74, 6) is 0.113. The van der Waals surface area contributed by atoms with Gasteiger partial charge in [-0.1, -0.05) is 22.0 Å². The van der Waals surface area contributed by atoms with E-state index in [1.807, 2.05) is 25.1 Å². The van der Waals surface area contributed by atoms with Gasteiger partial charge in [0.1, 0.15) is 0 Å². The zero-order chi connectivity index (χ0) is 13.8. The van der Waals surface area contributed by atoms with Crippen molar-refractivity contribution >= 4 is 21.8 Å². The molecule has 1 saturated carbocycles. The van der Waals surface area contributed by atoms with Gasteiger partial charge in [0.25, 0.3) is 0 Å². The summed E-state index contributed by atoms with van der Waals surface area (Å²) in [6.07, 6.45) is 4.49. The zero-order valence-electron chi connectivity index (χ0n) is 11.3.